The molecule has 34 heavy (non-hydrogen) atoms. The van der Waals surface area contributed by atoms with Crippen LogP contribution >= 0.6 is 23.1 Å². The minimum Gasteiger partial charge on any atom is -0.495 e. The molecule has 0 bridgehead atoms. The van der Waals surface area contributed by atoms with Crippen LogP contribution in [0.25, 0.3) is 15.9 Å². The third-order valence-corrected chi connectivity index (χ3v) is 9.20. The highest BCUT2D eigenvalue weighted by Gasteiger charge is 2.30. The van der Waals surface area contributed by atoms with E-state index in [4.69, 9.17) is 9.72 Å². The number of likely N-dealkylation sites (tertiary alicyclic amines) is 1. The third-order valence-electron chi connectivity index (χ3n) is 7.09. The SMILES string of the molecule is COc1ccccc1-n1c(SCC(=O)N2[C@H](C)CCC[C@@H]2C)nc2sc3c(c2c1=O)CCCC3. The standard InChI is InChI=1S/C26H31N3O3S2/c1-16-9-8-10-17(2)28(16)22(30)15-33-26-27-24-23(18-11-4-7-14-21(18)34-24)25(31)29(26)19-12-5-6-13-20(19)32-3/h5-6,12-13,16-17H,4,7-11,14-15H2,1-3H3/t16-,17+. The Morgan fingerprint density at radius 3 is 2.65 bits per heavy atom. The number of rotatable bonds is 5. The number of aryl methyl sites for hydroxylation is 2. The van der Waals surface area contributed by atoms with Crippen LogP contribution in [0.1, 0.15) is 56.4 Å². The molecule has 2 aliphatic rings. The van der Waals surface area contributed by atoms with E-state index in [-0.39, 0.29) is 29.3 Å². The van der Waals surface area contributed by atoms with Crippen molar-refractivity contribution >= 4 is 39.2 Å². The lowest BCUT2D eigenvalue weighted by Crippen LogP contribution is -2.48. The molecule has 1 amide bonds. The van der Waals surface area contributed by atoms with Crippen molar-refractivity contribution in [1.29, 1.82) is 0 Å². The van der Waals surface area contributed by atoms with Crippen LogP contribution in [-0.4, -0.2) is 45.3 Å². The van der Waals surface area contributed by atoms with Gasteiger partial charge in [-0.05, 0) is 76.5 Å². The predicted octanol–water partition coefficient (Wildman–Crippen LogP) is 5.22. The second-order valence-corrected chi connectivity index (χ2v) is 11.3. The van der Waals surface area contributed by atoms with E-state index in [0.717, 1.165) is 60.7 Å². The fourth-order valence-electron chi connectivity index (χ4n) is 5.42. The molecule has 0 N–H and O–H groups in total. The highest BCUT2D eigenvalue weighted by Crippen LogP contribution is 2.36. The van der Waals surface area contributed by atoms with Gasteiger partial charge in [0.05, 0.1) is 23.9 Å². The minimum atomic E-state index is -0.0662. The lowest BCUT2D eigenvalue weighted by atomic mass is 9.97. The molecule has 1 aromatic carbocycles. The van der Waals surface area contributed by atoms with Gasteiger partial charge in [0, 0.05) is 17.0 Å². The summed E-state index contributed by atoms with van der Waals surface area (Å²) in [4.78, 5) is 36.3. The molecule has 6 nitrogen and oxygen atoms in total. The van der Waals surface area contributed by atoms with Crippen LogP contribution in [0.3, 0.4) is 0 Å². The van der Waals surface area contributed by atoms with E-state index < -0.39 is 0 Å². The second-order valence-electron chi connectivity index (χ2n) is 9.32. The Morgan fingerprint density at radius 2 is 1.88 bits per heavy atom. The molecule has 2 aromatic heterocycles. The molecule has 1 saturated heterocycles. The fourth-order valence-corrected chi connectivity index (χ4v) is 7.60. The van der Waals surface area contributed by atoms with Crippen molar-refractivity contribution in [2.75, 3.05) is 12.9 Å². The Labute approximate surface area is 208 Å². The quantitative estimate of drug-likeness (QED) is 0.357. The number of thiophene rings is 1. The van der Waals surface area contributed by atoms with Gasteiger partial charge in [0.15, 0.2) is 5.16 Å². The van der Waals surface area contributed by atoms with Gasteiger partial charge in [-0.15, -0.1) is 11.3 Å². The van der Waals surface area contributed by atoms with Gasteiger partial charge in [0.25, 0.3) is 5.56 Å². The topological polar surface area (TPSA) is 64.4 Å². The molecule has 5 rings (SSSR count). The molecule has 2 atom stereocenters. The summed E-state index contributed by atoms with van der Waals surface area (Å²) in [6, 6.07) is 8.01. The van der Waals surface area contributed by atoms with E-state index in [1.807, 2.05) is 29.2 Å². The van der Waals surface area contributed by atoms with Gasteiger partial charge >= 0.3 is 0 Å². The zero-order valence-corrected chi connectivity index (χ0v) is 21.6. The van der Waals surface area contributed by atoms with Crippen LogP contribution in [0.5, 0.6) is 5.75 Å². The van der Waals surface area contributed by atoms with Crippen LogP contribution in [0.2, 0.25) is 0 Å². The molecule has 3 heterocycles. The number of ether oxygens (including phenoxy) is 1. The van der Waals surface area contributed by atoms with Gasteiger partial charge in [0.2, 0.25) is 5.91 Å². The zero-order chi connectivity index (χ0) is 23.8. The number of nitrogens with zero attached hydrogens (tertiary/aromatic N) is 3. The smallest absolute Gasteiger partial charge is 0.267 e. The van der Waals surface area contributed by atoms with Crippen LogP contribution in [0.4, 0.5) is 0 Å². The molecule has 3 aromatic rings. The monoisotopic (exact) mass is 497 g/mol. The van der Waals surface area contributed by atoms with Gasteiger partial charge in [-0.3, -0.25) is 14.2 Å². The summed E-state index contributed by atoms with van der Waals surface area (Å²) in [5.74, 6) is 0.977. The number of piperidine rings is 1. The highest BCUT2D eigenvalue weighted by atomic mass is 32.2. The Hall–Kier alpha value is -2.32. The van der Waals surface area contributed by atoms with Crippen molar-refractivity contribution in [2.24, 2.45) is 0 Å². The van der Waals surface area contributed by atoms with Crippen LogP contribution < -0.4 is 10.3 Å². The average Bonchev–Trinajstić information content (AvgIpc) is 3.21. The maximum atomic E-state index is 14.0. The predicted molar refractivity (Wildman–Crippen MR) is 139 cm³/mol. The molecule has 1 fully saturated rings. The number of aromatic nitrogens is 2. The molecule has 1 aliphatic heterocycles. The first kappa shape index (κ1) is 23.4. The summed E-state index contributed by atoms with van der Waals surface area (Å²) >= 11 is 2.99. The van der Waals surface area contributed by atoms with E-state index in [1.54, 1.807) is 23.0 Å². The van der Waals surface area contributed by atoms with E-state index in [9.17, 15) is 9.59 Å². The molecule has 8 heteroatoms. The van der Waals surface area contributed by atoms with E-state index in [2.05, 4.69) is 13.8 Å². The van der Waals surface area contributed by atoms with E-state index >= 15 is 0 Å². The van der Waals surface area contributed by atoms with E-state index in [0.29, 0.717) is 16.6 Å². The normalized spacial score (nSPS) is 20.4. The number of para-hydroxylation sites is 2. The number of fused-ring (bicyclic) bond motifs is 3. The summed E-state index contributed by atoms with van der Waals surface area (Å²) in [7, 11) is 1.61. The lowest BCUT2D eigenvalue weighted by Gasteiger charge is -2.39. The largest absolute Gasteiger partial charge is 0.495 e. The molecule has 1 aliphatic carbocycles. The number of benzene rings is 1. The van der Waals surface area contributed by atoms with Gasteiger partial charge in [-0.25, -0.2) is 4.98 Å². The van der Waals surface area contributed by atoms with Crippen molar-refractivity contribution in [3.8, 4) is 11.4 Å². The number of amides is 1. The number of carbonyl (C=O) groups excluding carboxylic acids is 1. The van der Waals surface area contributed by atoms with Crippen molar-refractivity contribution in [1.82, 2.24) is 14.5 Å². The first-order chi connectivity index (χ1) is 16.5. The van der Waals surface area contributed by atoms with Gasteiger partial charge in [0.1, 0.15) is 10.6 Å². The number of thioether (sulfide) groups is 1. The zero-order valence-electron chi connectivity index (χ0n) is 20.0. The van der Waals surface area contributed by atoms with Gasteiger partial charge in [-0.1, -0.05) is 23.9 Å². The summed E-state index contributed by atoms with van der Waals surface area (Å²) in [5.41, 5.74) is 1.76. The van der Waals surface area contributed by atoms with Gasteiger partial charge in [-0.2, -0.15) is 0 Å². The molecular formula is C26H31N3O3S2. The number of hydrogen-bond donors (Lipinski definition) is 0. The summed E-state index contributed by atoms with van der Waals surface area (Å²) in [5, 5.41) is 1.28. The summed E-state index contributed by atoms with van der Waals surface area (Å²) < 4.78 is 7.25. The van der Waals surface area contributed by atoms with Crippen molar-refractivity contribution < 1.29 is 9.53 Å². The van der Waals surface area contributed by atoms with Crippen LogP contribution in [0, 0.1) is 0 Å². The Kier molecular flexibility index (Phi) is 6.71. The maximum Gasteiger partial charge on any atom is 0.267 e. The maximum absolute atomic E-state index is 14.0. The third kappa shape index (κ3) is 4.15. The Morgan fingerprint density at radius 1 is 1.15 bits per heavy atom. The molecule has 0 spiro atoms. The van der Waals surface area contributed by atoms with Crippen LogP contribution in [0.15, 0.2) is 34.2 Å². The molecule has 0 saturated carbocycles. The summed E-state index contributed by atoms with van der Waals surface area (Å²) in [6.07, 6.45) is 7.43. The molecule has 0 radical (unpaired) electrons. The average molecular weight is 498 g/mol. The van der Waals surface area contributed by atoms with Gasteiger partial charge < -0.3 is 9.64 Å². The summed E-state index contributed by atoms with van der Waals surface area (Å²) in [6.45, 7) is 4.26. The van der Waals surface area contributed by atoms with Crippen molar-refractivity contribution in [3.05, 3.63) is 45.1 Å². The second kappa shape index (κ2) is 9.74. The number of carbonyl (C=O) groups is 1. The lowest BCUT2D eigenvalue weighted by molar-refractivity contribution is -0.134. The van der Waals surface area contributed by atoms with Crippen molar-refractivity contribution in [3.63, 3.8) is 0 Å². The fraction of sp³-hybridized carbons (Fsp3) is 0.500. The first-order valence-electron chi connectivity index (χ1n) is 12.1. The van der Waals surface area contributed by atoms with Crippen LogP contribution in [-0.2, 0) is 17.6 Å². The number of hydrogen-bond acceptors (Lipinski definition) is 6. The molecule has 180 valence electrons. The van der Waals surface area contributed by atoms with E-state index in [1.165, 1.54) is 16.6 Å². The number of methoxy groups -OCH3 is 1. The highest BCUT2D eigenvalue weighted by molar-refractivity contribution is 7.99. The first-order valence-corrected chi connectivity index (χ1v) is 13.9. The molecule has 0 unspecified atom stereocenters. The minimum absolute atomic E-state index is 0.0662. The Balaban J connectivity index is 1.59. The molecular weight excluding hydrogens is 466 g/mol. The van der Waals surface area contributed by atoms with Crippen molar-refractivity contribution in [2.45, 2.75) is 76.0 Å². The Bertz CT molecular complexity index is 1270.